The zero-order valence-corrected chi connectivity index (χ0v) is 20.6. The smallest absolute Gasteiger partial charge is 0.165 e. The Kier molecular flexibility index (Phi) is 6.85. The van der Waals surface area contributed by atoms with Crippen molar-refractivity contribution >= 4 is 28.6 Å². The molecule has 0 aliphatic heterocycles. The maximum absolute atomic E-state index is 12.6. The zero-order valence-electron chi connectivity index (χ0n) is 19.8. The number of nitrogens with two attached hydrogens (primary N) is 1. The number of nitrogens with zero attached hydrogens (tertiary/aromatic N) is 5. The number of hydrogen-bond donors (Lipinski definition) is 1. The molecule has 182 valence electrons. The van der Waals surface area contributed by atoms with Gasteiger partial charge in [-0.15, -0.1) is 11.3 Å². The molecule has 1 aliphatic carbocycles. The van der Waals surface area contributed by atoms with E-state index in [1.807, 2.05) is 17.5 Å². The maximum Gasteiger partial charge on any atom is 0.165 e. The van der Waals surface area contributed by atoms with Gasteiger partial charge in [-0.05, 0) is 38.7 Å². The van der Waals surface area contributed by atoms with Crippen molar-refractivity contribution in [2.45, 2.75) is 44.6 Å². The zero-order chi connectivity index (χ0) is 24.4. The summed E-state index contributed by atoms with van der Waals surface area (Å²) in [6, 6.07) is 3.93. The molecule has 4 aromatic rings. The van der Waals surface area contributed by atoms with Crippen LogP contribution in [0.15, 0.2) is 36.1 Å². The largest absolute Gasteiger partial charge is 0.383 e. The molecule has 1 fully saturated rings. The SMILES string of the molecule is COCCOC1CCC(c2nc3c(-c4ccc(-c5nccs5)nc4)cnn3c(N)c2C(C)=O)CC1. The molecule has 5 rings (SSSR count). The summed E-state index contributed by atoms with van der Waals surface area (Å²) in [5, 5.41) is 7.25. The van der Waals surface area contributed by atoms with Crippen LogP contribution in [-0.4, -0.2) is 56.8 Å². The molecule has 35 heavy (non-hydrogen) atoms. The van der Waals surface area contributed by atoms with Gasteiger partial charge in [0.05, 0.1) is 42.5 Å². The minimum Gasteiger partial charge on any atom is -0.383 e. The number of Topliss-reactive ketones (excluding diaryl/α,β-unsaturated/α-hetero) is 1. The summed E-state index contributed by atoms with van der Waals surface area (Å²) in [4.78, 5) is 26.5. The topological polar surface area (TPSA) is 118 Å². The molecule has 10 heteroatoms. The number of thiazole rings is 1. The summed E-state index contributed by atoms with van der Waals surface area (Å²) < 4.78 is 12.6. The standard InChI is InChI=1S/C25H28N6O3S/c1-15(32)21-22(16-3-6-18(7-4-16)34-11-10-33-2)30-24-19(14-29-31(24)23(21)26)17-5-8-20(28-13-17)25-27-9-12-35-25/h5,8-9,12-14,16,18H,3-4,6-7,10-11,26H2,1-2H3. The molecule has 2 N–H and O–H groups in total. The summed E-state index contributed by atoms with van der Waals surface area (Å²) >= 11 is 1.55. The van der Waals surface area contributed by atoms with Gasteiger partial charge in [-0.1, -0.05) is 6.07 Å². The second-order valence-electron chi connectivity index (χ2n) is 8.71. The highest BCUT2D eigenvalue weighted by molar-refractivity contribution is 7.13. The average Bonchev–Trinajstić information content (AvgIpc) is 3.55. The van der Waals surface area contributed by atoms with Crippen molar-refractivity contribution in [2.75, 3.05) is 26.1 Å². The number of aromatic nitrogens is 5. The van der Waals surface area contributed by atoms with Crippen LogP contribution in [0, 0.1) is 0 Å². The van der Waals surface area contributed by atoms with Crippen LogP contribution in [0.4, 0.5) is 5.82 Å². The van der Waals surface area contributed by atoms with E-state index < -0.39 is 0 Å². The normalized spacial score (nSPS) is 18.2. The fourth-order valence-electron chi connectivity index (χ4n) is 4.72. The monoisotopic (exact) mass is 492 g/mol. The highest BCUT2D eigenvalue weighted by atomic mass is 32.1. The Hall–Kier alpha value is -3.21. The number of ether oxygens (including phenoxy) is 2. The highest BCUT2D eigenvalue weighted by Crippen LogP contribution is 2.38. The van der Waals surface area contributed by atoms with Crippen LogP contribution in [0.3, 0.4) is 0 Å². The first-order valence-corrected chi connectivity index (χ1v) is 12.6. The maximum atomic E-state index is 12.6. The molecule has 0 saturated heterocycles. The predicted octanol–water partition coefficient (Wildman–Crippen LogP) is 4.39. The van der Waals surface area contributed by atoms with E-state index in [2.05, 4.69) is 15.1 Å². The molecule has 0 spiro atoms. The van der Waals surface area contributed by atoms with Crippen LogP contribution < -0.4 is 5.73 Å². The summed E-state index contributed by atoms with van der Waals surface area (Å²) in [6.45, 7) is 2.72. The van der Waals surface area contributed by atoms with Gasteiger partial charge >= 0.3 is 0 Å². The van der Waals surface area contributed by atoms with Gasteiger partial charge < -0.3 is 15.2 Å². The van der Waals surface area contributed by atoms with Gasteiger partial charge in [-0.2, -0.15) is 9.61 Å². The number of fused-ring (bicyclic) bond motifs is 1. The Morgan fingerprint density at radius 1 is 1.17 bits per heavy atom. The number of rotatable bonds is 8. The fraction of sp³-hybridized carbons (Fsp3) is 0.400. The first-order chi connectivity index (χ1) is 17.1. The highest BCUT2D eigenvalue weighted by Gasteiger charge is 2.29. The number of carbonyl (C=O) groups is 1. The molecule has 0 bridgehead atoms. The van der Waals surface area contributed by atoms with E-state index in [1.165, 1.54) is 6.92 Å². The minimum absolute atomic E-state index is 0.100. The lowest BCUT2D eigenvalue weighted by molar-refractivity contribution is -0.00298. The van der Waals surface area contributed by atoms with Crippen molar-refractivity contribution in [2.24, 2.45) is 0 Å². The van der Waals surface area contributed by atoms with Crippen LogP contribution in [0.2, 0.25) is 0 Å². The molecule has 1 aliphatic rings. The van der Waals surface area contributed by atoms with Crippen LogP contribution in [0.25, 0.3) is 27.5 Å². The summed E-state index contributed by atoms with van der Waals surface area (Å²) in [5.41, 5.74) is 10.9. The van der Waals surface area contributed by atoms with E-state index in [1.54, 1.807) is 41.6 Å². The first-order valence-electron chi connectivity index (χ1n) is 11.7. The summed E-state index contributed by atoms with van der Waals surface area (Å²) in [5.74, 6) is 0.364. The molecule has 0 aromatic carbocycles. The lowest BCUT2D eigenvalue weighted by Crippen LogP contribution is -2.24. The van der Waals surface area contributed by atoms with E-state index in [0.717, 1.165) is 53.2 Å². The molecule has 0 unspecified atom stereocenters. The number of pyridine rings is 1. The van der Waals surface area contributed by atoms with E-state index in [0.29, 0.717) is 30.2 Å². The van der Waals surface area contributed by atoms with Crippen molar-refractivity contribution in [3.63, 3.8) is 0 Å². The van der Waals surface area contributed by atoms with Gasteiger partial charge in [-0.3, -0.25) is 9.78 Å². The van der Waals surface area contributed by atoms with Crippen molar-refractivity contribution in [1.82, 2.24) is 24.6 Å². The van der Waals surface area contributed by atoms with E-state index in [9.17, 15) is 4.79 Å². The van der Waals surface area contributed by atoms with Crippen molar-refractivity contribution < 1.29 is 14.3 Å². The molecular weight excluding hydrogens is 464 g/mol. The minimum atomic E-state index is -0.100. The Morgan fingerprint density at radius 3 is 2.66 bits per heavy atom. The Morgan fingerprint density at radius 2 is 2.00 bits per heavy atom. The molecule has 4 heterocycles. The van der Waals surface area contributed by atoms with Crippen LogP contribution in [-0.2, 0) is 9.47 Å². The molecule has 9 nitrogen and oxygen atoms in total. The Balaban J connectivity index is 1.47. The molecular formula is C25H28N6O3S. The molecule has 1 saturated carbocycles. The van der Waals surface area contributed by atoms with Crippen molar-refractivity contribution in [3.05, 3.63) is 47.4 Å². The van der Waals surface area contributed by atoms with E-state index in [-0.39, 0.29) is 17.8 Å². The fourth-order valence-corrected chi connectivity index (χ4v) is 5.34. The Labute approximate surface area is 207 Å². The number of anilines is 1. The predicted molar refractivity (Wildman–Crippen MR) is 135 cm³/mol. The average molecular weight is 493 g/mol. The molecule has 0 radical (unpaired) electrons. The summed E-state index contributed by atoms with van der Waals surface area (Å²) in [7, 11) is 1.67. The number of ketones is 1. The van der Waals surface area contributed by atoms with Crippen LogP contribution in [0.1, 0.15) is 54.6 Å². The van der Waals surface area contributed by atoms with Crippen LogP contribution >= 0.6 is 11.3 Å². The number of carbonyl (C=O) groups excluding carboxylic acids is 1. The third kappa shape index (κ3) is 4.69. The van der Waals surface area contributed by atoms with Gasteiger partial charge in [0, 0.05) is 41.9 Å². The van der Waals surface area contributed by atoms with E-state index in [4.69, 9.17) is 20.2 Å². The number of nitrogen functional groups attached to an aromatic ring is 1. The van der Waals surface area contributed by atoms with E-state index >= 15 is 0 Å². The first kappa shape index (κ1) is 23.5. The molecule has 0 amide bonds. The third-order valence-electron chi connectivity index (χ3n) is 6.49. The lowest BCUT2D eigenvalue weighted by Gasteiger charge is -2.29. The quantitative estimate of drug-likeness (QED) is 0.284. The van der Waals surface area contributed by atoms with Crippen LogP contribution in [0.5, 0.6) is 0 Å². The lowest BCUT2D eigenvalue weighted by atomic mass is 9.83. The van der Waals surface area contributed by atoms with Gasteiger partial charge in [0.25, 0.3) is 0 Å². The Bertz CT molecular complexity index is 1310. The van der Waals surface area contributed by atoms with Crippen molar-refractivity contribution in [1.29, 1.82) is 0 Å². The second-order valence-corrected chi connectivity index (χ2v) is 9.61. The van der Waals surface area contributed by atoms with Gasteiger partial charge in [0.1, 0.15) is 10.8 Å². The number of hydrogen-bond acceptors (Lipinski definition) is 9. The molecule has 4 aromatic heterocycles. The summed E-state index contributed by atoms with van der Waals surface area (Å²) in [6.07, 6.45) is 9.08. The second kappa shape index (κ2) is 10.2. The van der Waals surface area contributed by atoms with Crippen molar-refractivity contribution in [3.8, 4) is 21.8 Å². The van der Waals surface area contributed by atoms with Gasteiger partial charge in [0.15, 0.2) is 11.4 Å². The molecule has 0 atom stereocenters. The van der Waals surface area contributed by atoms with Gasteiger partial charge in [-0.25, -0.2) is 9.97 Å². The number of methoxy groups -OCH3 is 1. The third-order valence-corrected chi connectivity index (χ3v) is 7.29. The van der Waals surface area contributed by atoms with Gasteiger partial charge in [0.2, 0.25) is 0 Å².